The molecule has 0 radical (unpaired) electrons. The van der Waals surface area contributed by atoms with Crippen LogP contribution < -0.4 is 5.32 Å². The van der Waals surface area contributed by atoms with E-state index in [-0.39, 0.29) is 5.54 Å². The zero-order valence-electron chi connectivity index (χ0n) is 13.7. The van der Waals surface area contributed by atoms with Gasteiger partial charge in [0.1, 0.15) is 5.54 Å². The van der Waals surface area contributed by atoms with Gasteiger partial charge in [-0.2, -0.15) is 5.26 Å². The summed E-state index contributed by atoms with van der Waals surface area (Å²) in [6, 6.07) is 3.14. The number of hydrogen-bond donors (Lipinski definition) is 1. The van der Waals surface area contributed by atoms with E-state index < -0.39 is 0 Å². The molecular formula is C17H31N3O. The molecule has 0 aromatic heterocycles. The average Bonchev–Trinajstić information content (AvgIpc) is 3.17. The summed E-state index contributed by atoms with van der Waals surface area (Å²) in [6.07, 6.45) is 8.27. The summed E-state index contributed by atoms with van der Waals surface area (Å²) in [7, 11) is 0. The first-order valence-electron chi connectivity index (χ1n) is 8.74. The molecule has 4 heteroatoms. The van der Waals surface area contributed by atoms with Gasteiger partial charge in [0.25, 0.3) is 0 Å². The monoisotopic (exact) mass is 293 g/mol. The van der Waals surface area contributed by atoms with Crippen LogP contribution in [0.3, 0.4) is 0 Å². The van der Waals surface area contributed by atoms with Gasteiger partial charge in [0.15, 0.2) is 0 Å². The Morgan fingerprint density at radius 2 is 2.14 bits per heavy atom. The summed E-state index contributed by atoms with van der Waals surface area (Å²) in [5.74, 6) is 0. The van der Waals surface area contributed by atoms with Crippen molar-refractivity contribution in [1.29, 1.82) is 5.26 Å². The number of ether oxygens (including phenoxy) is 1. The highest BCUT2D eigenvalue weighted by atomic mass is 16.5. The van der Waals surface area contributed by atoms with E-state index in [9.17, 15) is 5.26 Å². The van der Waals surface area contributed by atoms with Crippen LogP contribution in [-0.4, -0.2) is 48.8 Å². The fourth-order valence-corrected chi connectivity index (χ4v) is 3.20. The van der Waals surface area contributed by atoms with Gasteiger partial charge < -0.3 is 9.64 Å². The lowest BCUT2D eigenvalue weighted by atomic mass is 9.91. The lowest BCUT2D eigenvalue weighted by Crippen LogP contribution is -2.45. The Kier molecular flexibility index (Phi) is 6.47. The van der Waals surface area contributed by atoms with Gasteiger partial charge in [0.05, 0.1) is 12.2 Å². The molecule has 1 saturated carbocycles. The van der Waals surface area contributed by atoms with Gasteiger partial charge in [-0.3, -0.25) is 5.32 Å². The van der Waals surface area contributed by atoms with Crippen molar-refractivity contribution in [3.8, 4) is 6.07 Å². The minimum atomic E-state index is -0.301. The Morgan fingerprint density at radius 1 is 1.33 bits per heavy atom. The van der Waals surface area contributed by atoms with Gasteiger partial charge in [0.2, 0.25) is 0 Å². The first kappa shape index (κ1) is 16.7. The fraction of sp³-hybridized carbons (Fsp3) is 0.941. The van der Waals surface area contributed by atoms with Gasteiger partial charge >= 0.3 is 0 Å². The molecule has 2 fully saturated rings. The van der Waals surface area contributed by atoms with Crippen LogP contribution in [0.4, 0.5) is 0 Å². The molecule has 1 saturated heterocycles. The summed E-state index contributed by atoms with van der Waals surface area (Å²) < 4.78 is 5.73. The van der Waals surface area contributed by atoms with E-state index in [4.69, 9.17) is 4.74 Å². The van der Waals surface area contributed by atoms with Crippen LogP contribution in [0.15, 0.2) is 0 Å². The Balaban J connectivity index is 1.72. The maximum Gasteiger partial charge on any atom is 0.106 e. The predicted octanol–water partition coefficient (Wildman–Crippen LogP) is 2.69. The normalized spacial score (nSPS) is 25.0. The maximum absolute atomic E-state index is 9.56. The number of likely N-dealkylation sites (N-methyl/N-ethyl adjacent to an activating group) is 1. The standard InChI is InChI=1S/C17H31N3O/c1-3-17(14-18,19-15-8-9-15)10-6-11-20(4-2)13-16-7-5-12-21-16/h15-16,19H,3-13H2,1-2H3. The summed E-state index contributed by atoms with van der Waals surface area (Å²) in [6.45, 7) is 8.48. The smallest absolute Gasteiger partial charge is 0.106 e. The largest absolute Gasteiger partial charge is 0.377 e. The lowest BCUT2D eigenvalue weighted by molar-refractivity contribution is 0.0737. The first-order valence-corrected chi connectivity index (χ1v) is 8.74. The minimum absolute atomic E-state index is 0.301. The van der Waals surface area contributed by atoms with Crippen LogP contribution in [0.5, 0.6) is 0 Å². The molecule has 1 aliphatic carbocycles. The highest BCUT2D eigenvalue weighted by molar-refractivity contribution is 5.09. The van der Waals surface area contributed by atoms with Crippen molar-refractivity contribution in [2.24, 2.45) is 0 Å². The first-order chi connectivity index (χ1) is 10.2. The maximum atomic E-state index is 9.56. The molecule has 4 nitrogen and oxygen atoms in total. The van der Waals surface area contributed by atoms with Crippen molar-refractivity contribution in [2.45, 2.75) is 76.5 Å². The zero-order chi connectivity index (χ0) is 15.1. The quantitative estimate of drug-likeness (QED) is 0.673. The van der Waals surface area contributed by atoms with Gasteiger partial charge in [-0.15, -0.1) is 0 Å². The number of nitrogens with zero attached hydrogens (tertiary/aromatic N) is 2. The average molecular weight is 293 g/mol. The number of nitriles is 1. The molecule has 2 atom stereocenters. The second-order valence-corrected chi connectivity index (χ2v) is 6.60. The van der Waals surface area contributed by atoms with Gasteiger partial charge in [-0.05, 0) is 58.0 Å². The van der Waals surface area contributed by atoms with E-state index in [1.807, 2.05) is 0 Å². The Hall–Kier alpha value is -0.630. The topological polar surface area (TPSA) is 48.3 Å². The zero-order valence-corrected chi connectivity index (χ0v) is 13.7. The molecule has 0 aromatic carbocycles. The fourth-order valence-electron chi connectivity index (χ4n) is 3.20. The van der Waals surface area contributed by atoms with Crippen LogP contribution in [0.1, 0.15) is 58.8 Å². The lowest BCUT2D eigenvalue weighted by Gasteiger charge is -2.29. The van der Waals surface area contributed by atoms with E-state index in [1.54, 1.807) is 0 Å². The van der Waals surface area contributed by atoms with E-state index in [0.29, 0.717) is 12.1 Å². The Morgan fingerprint density at radius 3 is 2.67 bits per heavy atom. The Bertz CT molecular complexity index is 344. The molecule has 0 amide bonds. The number of rotatable bonds is 10. The summed E-state index contributed by atoms with van der Waals surface area (Å²) in [5.41, 5.74) is -0.301. The van der Waals surface area contributed by atoms with Crippen molar-refractivity contribution >= 4 is 0 Å². The van der Waals surface area contributed by atoms with Crippen LogP contribution in [-0.2, 0) is 4.74 Å². The molecule has 1 N–H and O–H groups in total. The van der Waals surface area contributed by atoms with Crippen molar-refractivity contribution < 1.29 is 4.74 Å². The van der Waals surface area contributed by atoms with E-state index in [1.165, 1.54) is 25.7 Å². The molecule has 0 aromatic rings. The van der Waals surface area contributed by atoms with E-state index in [2.05, 4.69) is 30.1 Å². The Labute approximate surface area is 129 Å². The van der Waals surface area contributed by atoms with E-state index in [0.717, 1.165) is 45.5 Å². The van der Waals surface area contributed by atoms with Crippen LogP contribution >= 0.6 is 0 Å². The molecule has 1 aliphatic heterocycles. The van der Waals surface area contributed by atoms with Crippen molar-refractivity contribution in [3.05, 3.63) is 0 Å². The molecule has 2 aliphatic rings. The van der Waals surface area contributed by atoms with Crippen molar-refractivity contribution in [3.63, 3.8) is 0 Å². The third-order valence-electron chi connectivity index (χ3n) is 4.89. The second-order valence-electron chi connectivity index (χ2n) is 6.60. The van der Waals surface area contributed by atoms with Crippen LogP contribution in [0, 0.1) is 11.3 Å². The molecule has 21 heavy (non-hydrogen) atoms. The van der Waals surface area contributed by atoms with Gasteiger partial charge in [-0.25, -0.2) is 0 Å². The predicted molar refractivity (Wildman–Crippen MR) is 85.1 cm³/mol. The van der Waals surface area contributed by atoms with Gasteiger partial charge in [0, 0.05) is 19.2 Å². The van der Waals surface area contributed by atoms with Crippen molar-refractivity contribution in [1.82, 2.24) is 10.2 Å². The van der Waals surface area contributed by atoms with Crippen molar-refractivity contribution in [2.75, 3.05) is 26.2 Å². The van der Waals surface area contributed by atoms with Crippen LogP contribution in [0.25, 0.3) is 0 Å². The SMILES string of the molecule is CCN(CCCC(C#N)(CC)NC1CC1)CC1CCCO1. The molecular weight excluding hydrogens is 262 g/mol. The van der Waals surface area contributed by atoms with Crippen LogP contribution in [0.2, 0.25) is 0 Å². The third kappa shape index (κ3) is 5.25. The molecule has 2 rings (SSSR count). The molecule has 0 bridgehead atoms. The number of hydrogen-bond acceptors (Lipinski definition) is 4. The third-order valence-corrected chi connectivity index (χ3v) is 4.89. The summed E-state index contributed by atoms with van der Waals surface area (Å²) in [5, 5.41) is 13.1. The summed E-state index contributed by atoms with van der Waals surface area (Å²) >= 11 is 0. The molecule has 2 unspecified atom stereocenters. The highest BCUT2D eigenvalue weighted by Crippen LogP contribution is 2.26. The van der Waals surface area contributed by atoms with E-state index >= 15 is 0 Å². The summed E-state index contributed by atoms with van der Waals surface area (Å²) in [4.78, 5) is 2.48. The molecule has 120 valence electrons. The minimum Gasteiger partial charge on any atom is -0.377 e. The molecule has 0 spiro atoms. The number of nitrogens with one attached hydrogen (secondary N) is 1. The molecule has 1 heterocycles. The second kappa shape index (κ2) is 8.12. The van der Waals surface area contributed by atoms with Gasteiger partial charge in [-0.1, -0.05) is 13.8 Å². The highest BCUT2D eigenvalue weighted by Gasteiger charge is 2.34.